The van der Waals surface area contributed by atoms with Gasteiger partial charge in [0.1, 0.15) is 0 Å². The molecular weight excluding hydrogens is 507 g/mol. The molecule has 1 aromatic carbocycles. The van der Waals surface area contributed by atoms with Crippen LogP contribution in [0.3, 0.4) is 0 Å². The number of fused-ring (bicyclic) bond motifs is 1. The Labute approximate surface area is 224 Å². The maximum atomic E-state index is 13.4. The van der Waals surface area contributed by atoms with Crippen LogP contribution < -0.4 is 11.1 Å². The van der Waals surface area contributed by atoms with E-state index in [0.29, 0.717) is 31.8 Å². The fourth-order valence-corrected chi connectivity index (χ4v) is 5.99. The molecule has 2 fully saturated rings. The Bertz CT molecular complexity index is 1350. The monoisotopic (exact) mass is 539 g/mol. The summed E-state index contributed by atoms with van der Waals surface area (Å²) in [5.74, 6) is -4.41. The summed E-state index contributed by atoms with van der Waals surface area (Å²) in [6.07, 6.45) is 13.4. The molecule has 3 heterocycles. The van der Waals surface area contributed by atoms with Crippen LogP contribution in [0.15, 0.2) is 42.9 Å². The Balaban J connectivity index is 1.13. The van der Waals surface area contributed by atoms with Crippen LogP contribution in [-0.4, -0.2) is 51.9 Å². The number of carbonyl (C=O) groups excluding carboxylic acids is 2. The number of aromatic nitrogens is 2. The number of nitrogens with one attached hydrogen (secondary N) is 2. The van der Waals surface area contributed by atoms with Crippen LogP contribution in [-0.2, 0) is 9.59 Å². The summed E-state index contributed by atoms with van der Waals surface area (Å²) in [5, 5.41) is 4.68. The van der Waals surface area contributed by atoms with Gasteiger partial charge >= 0.3 is 0 Å². The lowest BCUT2D eigenvalue weighted by Crippen LogP contribution is -2.54. The van der Waals surface area contributed by atoms with E-state index in [-0.39, 0.29) is 29.3 Å². The number of carbonyl (C=O) groups is 2. The first-order valence-electron chi connectivity index (χ1n) is 13.4. The summed E-state index contributed by atoms with van der Waals surface area (Å²) in [5.41, 5.74) is 8.25. The fraction of sp³-hybridized carbons (Fsp3) is 0.414. The van der Waals surface area contributed by atoms with Crippen molar-refractivity contribution in [2.24, 2.45) is 11.7 Å². The van der Waals surface area contributed by atoms with Crippen molar-refractivity contribution in [1.82, 2.24) is 20.2 Å². The number of aromatic amines is 1. The number of nitrogens with two attached hydrogens (primary N) is 1. The van der Waals surface area contributed by atoms with Crippen molar-refractivity contribution in [2.45, 2.75) is 56.5 Å². The van der Waals surface area contributed by atoms with Crippen molar-refractivity contribution >= 4 is 28.8 Å². The molecule has 39 heavy (non-hydrogen) atoms. The number of halogens is 3. The second-order valence-corrected chi connectivity index (χ2v) is 10.6. The summed E-state index contributed by atoms with van der Waals surface area (Å²) in [7, 11) is 0. The smallest absolute Gasteiger partial charge is 0.246 e. The van der Waals surface area contributed by atoms with Crippen LogP contribution >= 0.6 is 0 Å². The molecule has 3 aromatic rings. The number of pyridine rings is 1. The third-order valence-corrected chi connectivity index (χ3v) is 8.15. The van der Waals surface area contributed by atoms with E-state index >= 15 is 0 Å². The van der Waals surface area contributed by atoms with Crippen molar-refractivity contribution in [3.05, 3.63) is 71.4 Å². The van der Waals surface area contributed by atoms with Gasteiger partial charge in [-0.2, -0.15) is 0 Å². The van der Waals surface area contributed by atoms with E-state index in [1.54, 1.807) is 11.1 Å². The molecule has 0 radical (unpaired) electrons. The molecule has 206 valence electrons. The number of nitrogens with zero attached hydrogens (tertiary/aromatic N) is 2. The summed E-state index contributed by atoms with van der Waals surface area (Å²) in [6.45, 7) is 0.875. The highest BCUT2D eigenvalue weighted by molar-refractivity contribution is 5.92. The van der Waals surface area contributed by atoms with E-state index in [1.165, 1.54) is 17.7 Å². The molecule has 4 N–H and O–H groups in total. The summed E-state index contributed by atoms with van der Waals surface area (Å²) >= 11 is 0. The minimum Gasteiger partial charge on any atom is -0.368 e. The first kappa shape index (κ1) is 26.9. The second kappa shape index (κ2) is 11.6. The maximum Gasteiger partial charge on any atom is 0.246 e. The van der Waals surface area contributed by atoms with Crippen LogP contribution in [0.25, 0.3) is 17.0 Å². The van der Waals surface area contributed by atoms with Gasteiger partial charge in [-0.25, -0.2) is 13.2 Å². The standard InChI is InChI=1S/C29H32F3N5O2/c30-23-13-17(14-24(31)27(23)32)1-6-26(38)37-11-8-19(9-12-37)28(29(33)39)36-20-4-2-18(3-5-20)21-16-35-25-7-10-34-15-22(21)25/h1,6-7,10,13-16,18-20,28,35-36H,2-5,8-9,11-12H2,(H2,33,39)/b6-1+. The van der Waals surface area contributed by atoms with Crippen molar-refractivity contribution in [3.63, 3.8) is 0 Å². The Hall–Kier alpha value is -3.66. The number of H-pyrrole nitrogens is 1. The minimum atomic E-state index is -1.54. The minimum absolute atomic E-state index is 0.00763. The number of amides is 2. The predicted molar refractivity (Wildman–Crippen MR) is 142 cm³/mol. The molecule has 1 saturated carbocycles. The van der Waals surface area contributed by atoms with Crippen molar-refractivity contribution < 1.29 is 22.8 Å². The van der Waals surface area contributed by atoms with E-state index in [4.69, 9.17) is 5.73 Å². The molecule has 7 nitrogen and oxygen atoms in total. The van der Waals surface area contributed by atoms with Gasteiger partial charge in [-0.15, -0.1) is 0 Å². The Kier molecular flexibility index (Phi) is 8.02. The van der Waals surface area contributed by atoms with Gasteiger partial charge in [-0.05, 0) is 85.8 Å². The van der Waals surface area contributed by atoms with E-state index in [0.717, 1.165) is 48.7 Å². The lowest BCUT2D eigenvalue weighted by Gasteiger charge is -2.38. The van der Waals surface area contributed by atoms with Crippen molar-refractivity contribution in [3.8, 4) is 0 Å². The number of rotatable bonds is 7. The maximum absolute atomic E-state index is 13.4. The van der Waals surface area contributed by atoms with Crippen molar-refractivity contribution in [2.75, 3.05) is 13.1 Å². The first-order valence-corrected chi connectivity index (χ1v) is 13.4. The van der Waals surface area contributed by atoms with Gasteiger partial charge in [0.15, 0.2) is 17.5 Å². The fourth-order valence-electron chi connectivity index (χ4n) is 5.99. The van der Waals surface area contributed by atoms with Gasteiger partial charge in [0.2, 0.25) is 11.8 Å². The molecule has 1 atom stereocenters. The van der Waals surface area contributed by atoms with Gasteiger partial charge in [-0.1, -0.05) is 0 Å². The van der Waals surface area contributed by atoms with Gasteiger partial charge < -0.3 is 20.9 Å². The van der Waals surface area contributed by atoms with E-state index < -0.39 is 23.5 Å². The Morgan fingerprint density at radius 2 is 1.77 bits per heavy atom. The number of hydrogen-bond acceptors (Lipinski definition) is 4. The highest BCUT2D eigenvalue weighted by atomic mass is 19.2. The molecule has 2 aliphatic rings. The lowest BCUT2D eigenvalue weighted by atomic mass is 9.80. The number of likely N-dealkylation sites (tertiary alicyclic amines) is 1. The van der Waals surface area contributed by atoms with Crippen LogP contribution in [0.1, 0.15) is 55.6 Å². The molecule has 0 spiro atoms. The number of hydrogen-bond donors (Lipinski definition) is 3. The van der Waals surface area contributed by atoms with Crippen LogP contribution in [0.5, 0.6) is 0 Å². The molecular formula is C29H32F3N5O2. The number of benzene rings is 1. The highest BCUT2D eigenvalue weighted by Crippen LogP contribution is 2.37. The summed E-state index contributed by atoms with van der Waals surface area (Å²) < 4.78 is 40.0. The van der Waals surface area contributed by atoms with Gasteiger partial charge in [0, 0.05) is 54.7 Å². The topological polar surface area (TPSA) is 104 Å². The Morgan fingerprint density at radius 3 is 2.44 bits per heavy atom. The third kappa shape index (κ3) is 6.00. The van der Waals surface area contributed by atoms with Crippen LogP contribution in [0, 0.1) is 23.4 Å². The molecule has 2 aromatic heterocycles. The number of piperidine rings is 1. The molecule has 10 heteroatoms. The number of primary amides is 1. The third-order valence-electron chi connectivity index (χ3n) is 8.15. The van der Waals surface area contributed by atoms with Crippen molar-refractivity contribution in [1.29, 1.82) is 0 Å². The Morgan fingerprint density at radius 1 is 1.08 bits per heavy atom. The molecule has 1 saturated heterocycles. The zero-order valence-electron chi connectivity index (χ0n) is 21.5. The lowest BCUT2D eigenvalue weighted by molar-refractivity contribution is -0.128. The summed E-state index contributed by atoms with van der Waals surface area (Å²) in [6, 6.07) is 3.38. The molecule has 5 rings (SSSR count). The van der Waals surface area contributed by atoms with E-state index in [1.807, 2.05) is 12.3 Å². The molecule has 1 aliphatic heterocycles. The SMILES string of the molecule is NC(=O)C(NC1CCC(c2c[nH]c3ccncc23)CC1)C1CCN(C(=O)/C=C/c2cc(F)c(F)c(F)c2)CC1. The zero-order valence-corrected chi connectivity index (χ0v) is 21.5. The zero-order chi connectivity index (χ0) is 27.5. The van der Waals surface area contributed by atoms with Crippen LogP contribution in [0.4, 0.5) is 13.2 Å². The average Bonchev–Trinajstić information content (AvgIpc) is 3.38. The van der Waals surface area contributed by atoms with Gasteiger partial charge in [0.25, 0.3) is 0 Å². The quantitative estimate of drug-likeness (QED) is 0.306. The molecule has 2 amide bonds. The molecule has 1 aliphatic carbocycles. The molecule has 1 unspecified atom stereocenters. The molecule has 0 bridgehead atoms. The average molecular weight is 540 g/mol. The van der Waals surface area contributed by atoms with Crippen LogP contribution in [0.2, 0.25) is 0 Å². The first-order chi connectivity index (χ1) is 18.8. The summed E-state index contributed by atoms with van der Waals surface area (Å²) in [4.78, 5) is 34.2. The van der Waals surface area contributed by atoms with Gasteiger partial charge in [-0.3, -0.25) is 14.6 Å². The second-order valence-electron chi connectivity index (χ2n) is 10.6. The van der Waals surface area contributed by atoms with E-state index in [9.17, 15) is 22.8 Å². The van der Waals surface area contributed by atoms with Gasteiger partial charge in [0.05, 0.1) is 6.04 Å². The predicted octanol–water partition coefficient (Wildman–Crippen LogP) is 4.40. The highest BCUT2D eigenvalue weighted by Gasteiger charge is 2.34. The normalized spacial score (nSPS) is 21.5. The largest absolute Gasteiger partial charge is 0.368 e. The van der Waals surface area contributed by atoms with E-state index in [2.05, 4.69) is 21.5 Å².